The molecule has 1 aromatic rings. The minimum Gasteiger partial charge on any atom is -0.474 e. The summed E-state index contributed by atoms with van der Waals surface area (Å²) < 4.78 is 17.9. The predicted molar refractivity (Wildman–Crippen MR) is 79.1 cm³/mol. The van der Waals surface area contributed by atoms with Gasteiger partial charge in [-0.2, -0.15) is 0 Å². The monoisotopic (exact) mass is 378 g/mol. The Morgan fingerprint density at radius 1 is 1.58 bits per heavy atom. The smallest absolute Gasteiger partial charge is 0.235 e. The van der Waals surface area contributed by atoms with Crippen molar-refractivity contribution in [2.75, 3.05) is 13.2 Å². The van der Waals surface area contributed by atoms with E-state index >= 15 is 0 Å². The zero-order valence-electron chi connectivity index (χ0n) is 11.3. The van der Waals surface area contributed by atoms with Gasteiger partial charge in [0.2, 0.25) is 5.88 Å². The lowest BCUT2D eigenvalue weighted by Crippen LogP contribution is -2.27. The highest BCUT2D eigenvalue weighted by molar-refractivity contribution is 14.1. The Labute approximate surface area is 127 Å². The fourth-order valence-corrected chi connectivity index (χ4v) is 2.38. The maximum Gasteiger partial charge on any atom is 0.235 e. The first-order valence-electron chi connectivity index (χ1n) is 6.58. The second-order valence-electron chi connectivity index (χ2n) is 4.50. The number of hydrogen-bond donors (Lipinski definition) is 0. The maximum atomic E-state index is 5.85. The van der Waals surface area contributed by atoms with Gasteiger partial charge in [0.05, 0.1) is 12.3 Å². The summed E-state index contributed by atoms with van der Waals surface area (Å²) in [6.07, 6.45) is 4.59. The Morgan fingerprint density at radius 2 is 2.42 bits per heavy atom. The molecule has 19 heavy (non-hydrogen) atoms. The molecule has 0 aromatic carbocycles. The summed E-state index contributed by atoms with van der Waals surface area (Å²) in [7, 11) is 0. The average Bonchev–Trinajstić information content (AvgIpc) is 2.89. The van der Waals surface area contributed by atoms with Crippen LogP contribution in [0.3, 0.4) is 0 Å². The van der Waals surface area contributed by atoms with E-state index in [-0.39, 0.29) is 12.4 Å². The van der Waals surface area contributed by atoms with Gasteiger partial charge in [-0.1, -0.05) is 6.92 Å². The molecule has 1 fully saturated rings. The summed E-state index contributed by atoms with van der Waals surface area (Å²) >= 11 is 2.13. The zero-order chi connectivity index (χ0) is 13.7. The van der Waals surface area contributed by atoms with E-state index < -0.39 is 0 Å². The zero-order valence-corrected chi connectivity index (χ0v) is 13.4. The molecule has 5 nitrogen and oxygen atoms in total. The molecule has 1 aromatic heterocycles. The molecule has 0 saturated carbocycles. The van der Waals surface area contributed by atoms with Crippen LogP contribution in [0.25, 0.3) is 0 Å². The number of aryl methyl sites for hydroxylation is 1. The van der Waals surface area contributed by atoms with Gasteiger partial charge in [0.25, 0.3) is 0 Å². The average molecular weight is 378 g/mol. The van der Waals surface area contributed by atoms with Gasteiger partial charge in [-0.3, -0.25) is 0 Å². The number of aromatic nitrogens is 2. The van der Waals surface area contributed by atoms with Crippen molar-refractivity contribution in [2.45, 2.75) is 45.5 Å². The van der Waals surface area contributed by atoms with Crippen LogP contribution in [-0.2, 0) is 9.47 Å². The first-order valence-corrected chi connectivity index (χ1v) is 7.66. The Balaban J connectivity index is 1.84. The van der Waals surface area contributed by atoms with Gasteiger partial charge < -0.3 is 14.2 Å². The Bertz CT molecular complexity index is 411. The molecule has 2 unspecified atom stereocenters. The number of hydrogen-bond acceptors (Lipinski definition) is 5. The van der Waals surface area contributed by atoms with Crippen LogP contribution in [0.1, 0.15) is 31.9 Å². The summed E-state index contributed by atoms with van der Waals surface area (Å²) in [5.41, 5.74) is 0.805. The van der Waals surface area contributed by atoms with Crippen LogP contribution in [0.2, 0.25) is 0 Å². The van der Waals surface area contributed by atoms with E-state index in [4.69, 9.17) is 14.2 Å². The normalized spacial score (nSPS) is 20.5. The lowest BCUT2D eigenvalue weighted by Gasteiger charge is -2.20. The molecule has 0 N–H and O–H groups in total. The van der Waals surface area contributed by atoms with Crippen LogP contribution >= 0.6 is 22.6 Å². The number of rotatable bonds is 6. The minimum absolute atomic E-state index is 0.0311. The van der Waals surface area contributed by atoms with Crippen molar-refractivity contribution in [3.05, 3.63) is 15.6 Å². The third-order valence-electron chi connectivity index (χ3n) is 2.97. The van der Waals surface area contributed by atoms with E-state index in [9.17, 15) is 0 Å². The summed E-state index contributed by atoms with van der Waals surface area (Å²) in [4.78, 5) is 8.55. The van der Waals surface area contributed by atoms with E-state index in [1.54, 1.807) is 6.20 Å². The van der Waals surface area contributed by atoms with Crippen LogP contribution in [0.15, 0.2) is 6.20 Å². The molecule has 6 heteroatoms. The van der Waals surface area contributed by atoms with Gasteiger partial charge in [0.15, 0.2) is 6.29 Å². The van der Waals surface area contributed by atoms with Crippen LogP contribution < -0.4 is 4.74 Å². The number of nitrogens with zero attached hydrogens (tertiary/aromatic N) is 2. The molecule has 0 bridgehead atoms. The molecule has 1 aliphatic heterocycles. The van der Waals surface area contributed by atoms with Crippen LogP contribution in [0.4, 0.5) is 0 Å². The summed E-state index contributed by atoms with van der Waals surface area (Å²) in [5, 5.41) is 0. The maximum absolute atomic E-state index is 5.85. The highest BCUT2D eigenvalue weighted by Crippen LogP contribution is 2.18. The second kappa shape index (κ2) is 7.35. The lowest BCUT2D eigenvalue weighted by molar-refractivity contribution is -0.152. The first kappa shape index (κ1) is 14.9. The molecule has 0 aliphatic carbocycles. The molecule has 1 aliphatic rings. The largest absolute Gasteiger partial charge is 0.474 e. The van der Waals surface area contributed by atoms with Gasteiger partial charge in [-0.15, -0.1) is 0 Å². The van der Waals surface area contributed by atoms with Crippen molar-refractivity contribution in [2.24, 2.45) is 0 Å². The summed E-state index contributed by atoms with van der Waals surface area (Å²) in [6.45, 7) is 5.25. The van der Waals surface area contributed by atoms with Crippen molar-refractivity contribution in [3.8, 4) is 5.88 Å². The Morgan fingerprint density at radius 3 is 3.05 bits per heavy atom. The predicted octanol–water partition coefficient (Wildman–Crippen LogP) is 2.70. The molecular weight excluding hydrogens is 359 g/mol. The van der Waals surface area contributed by atoms with E-state index in [1.165, 1.54) is 0 Å². The second-order valence-corrected chi connectivity index (χ2v) is 5.61. The van der Waals surface area contributed by atoms with Crippen LogP contribution in [0, 0.1) is 10.6 Å². The molecule has 0 amide bonds. The molecule has 0 spiro atoms. The van der Waals surface area contributed by atoms with Crippen molar-refractivity contribution in [3.63, 3.8) is 0 Å². The third-order valence-corrected chi connectivity index (χ3v) is 3.49. The van der Waals surface area contributed by atoms with Crippen molar-refractivity contribution in [1.82, 2.24) is 9.97 Å². The fraction of sp³-hybridized carbons (Fsp3) is 0.692. The molecular formula is C13H19IN2O3. The van der Waals surface area contributed by atoms with Gasteiger partial charge in [-0.05, 0) is 42.4 Å². The lowest BCUT2D eigenvalue weighted by atomic mass is 10.3. The van der Waals surface area contributed by atoms with E-state index in [1.807, 2.05) is 6.92 Å². The molecule has 106 valence electrons. The number of halogens is 1. The molecule has 1 saturated heterocycles. The Kier molecular flexibility index (Phi) is 5.77. The molecule has 0 radical (unpaired) electrons. The standard InChI is InChI=1S/C13H19IN2O3/c1-3-10(19-12-5-4-6-17-12)8-18-13-9(2)16-11(14)7-15-13/h7,10,12H,3-6,8H2,1-2H3. The SMILES string of the molecule is CCC(COc1ncc(I)nc1C)OC1CCCO1. The van der Waals surface area contributed by atoms with Crippen molar-refractivity contribution >= 4 is 22.6 Å². The minimum atomic E-state index is -0.0718. The van der Waals surface area contributed by atoms with Crippen LogP contribution in [-0.4, -0.2) is 35.6 Å². The van der Waals surface area contributed by atoms with Crippen molar-refractivity contribution in [1.29, 1.82) is 0 Å². The van der Waals surface area contributed by atoms with Gasteiger partial charge in [0.1, 0.15) is 16.0 Å². The van der Waals surface area contributed by atoms with Gasteiger partial charge >= 0.3 is 0 Å². The first-order chi connectivity index (χ1) is 9.19. The highest BCUT2D eigenvalue weighted by Gasteiger charge is 2.21. The molecule has 2 atom stereocenters. The highest BCUT2D eigenvalue weighted by atomic mass is 127. The van der Waals surface area contributed by atoms with Crippen LogP contribution in [0.5, 0.6) is 5.88 Å². The van der Waals surface area contributed by atoms with E-state index in [2.05, 4.69) is 39.5 Å². The summed E-state index contributed by atoms with van der Waals surface area (Å²) in [5.74, 6) is 0.579. The van der Waals surface area contributed by atoms with Crippen molar-refractivity contribution < 1.29 is 14.2 Å². The van der Waals surface area contributed by atoms with Gasteiger partial charge in [0, 0.05) is 13.0 Å². The molecule has 2 rings (SSSR count). The van der Waals surface area contributed by atoms with E-state index in [0.717, 1.165) is 35.3 Å². The topological polar surface area (TPSA) is 53.5 Å². The number of ether oxygens (including phenoxy) is 3. The Hall–Kier alpha value is -0.470. The quantitative estimate of drug-likeness (QED) is 0.713. The fourth-order valence-electron chi connectivity index (χ4n) is 1.88. The molecule has 2 heterocycles. The van der Waals surface area contributed by atoms with E-state index in [0.29, 0.717) is 12.5 Å². The van der Waals surface area contributed by atoms with Gasteiger partial charge in [-0.25, -0.2) is 9.97 Å². The summed E-state index contributed by atoms with van der Waals surface area (Å²) in [6, 6.07) is 0. The third kappa shape index (κ3) is 4.54.